The van der Waals surface area contributed by atoms with E-state index in [2.05, 4.69) is 22.9 Å². The van der Waals surface area contributed by atoms with E-state index in [0.717, 1.165) is 19.3 Å². The molecule has 2 unspecified atom stereocenters. The van der Waals surface area contributed by atoms with Crippen molar-refractivity contribution in [2.45, 2.75) is 51.0 Å². The molecule has 72 valence electrons. The Morgan fingerprint density at radius 1 is 1.50 bits per heavy atom. The minimum atomic E-state index is -0.191. The van der Waals surface area contributed by atoms with Crippen molar-refractivity contribution in [1.82, 2.24) is 0 Å². The molecule has 0 saturated carbocycles. The topological polar surface area (TPSA) is 26.3 Å². The number of hydrogen-bond donors (Lipinski definition) is 0. The summed E-state index contributed by atoms with van der Waals surface area (Å²) in [5.41, 5.74) is 0. The predicted octanol–water partition coefficient (Wildman–Crippen LogP) is 2.89. The molecular formula is C9H17BrO2. The van der Waals surface area contributed by atoms with Gasteiger partial charge in [-0.05, 0) is 19.8 Å². The summed E-state index contributed by atoms with van der Waals surface area (Å²) in [6, 6.07) is 0. The molecule has 0 rings (SSSR count). The third-order valence-electron chi connectivity index (χ3n) is 1.67. The maximum Gasteiger partial charge on any atom is 0.319 e. The Morgan fingerprint density at radius 2 is 2.08 bits per heavy atom. The third kappa shape index (κ3) is 4.75. The van der Waals surface area contributed by atoms with Crippen LogP contribution in [0, 0.1) is 0 Å². The molecule has 0 heterocycles. The van der Waals surface area contributed by atoms with Crippen LogP contribution in [0.5, 0.6) is 0 Å². The van der Waals surface area contributed by atoms with Crippen LogP contribution in [-0.2, 0) is 9.53 Å². The fourth-order valence-corrected chi connectivity index (χ4v) is 1.03. The summed E-state index contributed by atoms with van der Waals surface area (Å²) in [6.45, 7) is 5.90. The highest BCUT2D eigenvalue weighted by atomic mass is 79.9. The first kappa shape index (κ1) is 11.9. The maximum absolute atomic E-state index is 11.1. The Labute approximate surface area is 82.8 Å². The van der Waals surface area contributed by atoms with Gasteiger partial charge < -0.3 is 4.74 Å². The molecule has 0 aliphatic carbocycles. The van der Waals surface area contributed by atoms with Gasteiger partial charge in [0.25, 0.3) is 0 Å². The maximum atomic E-state index is 11.1. The van der Waals surface area contributed by atoms with Crippen molar-refractivity contribution in [1.29, 1.82) is 0 Å². The molecule has 0 amide bonds. The fraction of sp³-hybridized carbons (Fsp3) is 0.889. The summed E-state index contributed by atoms with van der Waals surface area (Å²) >= 11 is 3.17. The first-order chi connectivity index (χ1) is 5.61. The Hall–Kier alpha value is -0.0500. The molecule has 2 atom stereocenters. The van der Waals surface area contributed by atoms with Gasteiger partial charge in [-0.2, -0.15) is 0 Å². The minimum absolute atomic E-state index is 0.0995. The molecule has 0 aliphatic rings. The van der Waals surface area contributed by atoms with Gasteiger partial charge >= 0.3 is 5.97 Å². The van der Waals surface area contributed by atoms with Crippen molar-refractivity contribution < 1.29 is 9.53 Å². The number of carbonyl (C=O) groups excluding carboxylic acids is 1. The van der Waals surface area contributed by atoms with Gasteiger partial charge in [0.05, 0.1) is 0 Å². The van der Waals surface area contributed by atoms with Crippen LogP contribution >= 0.6 is 15.9 Å². The van der Waals surface area contributed by atoms with Crippen LogP contribution in [0.4, 0.5) is 0 Å². The van der Waals surface area contributed by atoms with Gasteiger partial charge in [0, 0.05) is 0 Å². The number of halogens is 1. The van der Waals surface area contributed by atoms with Crippen LogP contribution in [0.2, 0.25) is 0 Å². The van der Waals surface area contributed by atoms with Crippen LogP contribution in [0.3, 0.4) is 0 Å². The standard InChI is InChI=1S/C9H17BrO2/c1-4-6-8(5-2)12-9(11)7(3)10/h7-8H,4-6H2,1-3H3. The van der Waals surface area contributed by atoms with E-state index >= 15 is 0 Å². The zero-order valence-electron chi connectivity index (χ0n) is 7.97. The molecule has 0 N–H and O–H groups in total. The summed E-state index contributed by atoms with van der Waals surface area (Å²) in [5, 5.41) is 0. The number of ether oxygens (including phenoxy) is 1. The molecule has 2 nitrogen and oxygen atoms in total. The van der Waals surface area contributed by atoms with E-state index in [1.165, 1.54) is 0 Å². The highest BCUT2D eigenvalue weighted by molar-refractivity contribution is 9.10. The Kier molecular flexibility index (Phi) is 6.44. The van der Waals surface area contributed by atoms with Gasteiger partial charge in [0.15, 0.2) is 0 Å². The molecule has 0 aromatic rings. The SMILES string of the molecule is CCCC(CC)OC(=O)C(C)Br. The third-order valence-corrected chi connectivity index (χ3v) is 2.05. The summed E-state index contributed by atoms with van der Waals surface area (Å²) < 4.78 is 5.22. The van der Waals surface area contributed by atoms with Crippen molar-refractivity contribution in [2.24, 2.45) is 0 Å². The molecule has 0 aliphatic heterocycles. The van der Waals surface area contributed by atoms with Crippen LogP contribution in [-0.4, -0.2) is 16.9 Å². The second-order valence-electron chi connectivity index (χ2n) is 2.87. The van der Waals surface area contributed by atoms with E-state index < -0.39 is 0 Å². The Bertz CT molecular complexity index is 134. The highest BCUT2D eigenvalue weighted by Gasteiger charge is 2.15. The van der Waals surface area contributed by atoms with E-state index in [1.54, 1.807) is 6.92 Å². The fourth-order valence-electron chi connectivity index (χ4n) is 0.926. The lowest BCUT2D eigenvalue weighted by Crippen LogP contribution is -2.22. The lowest BCUT2D eigenvalue weighted by atomic mass is 10.1. The van der Waals surface area contributed by atoms with Crippen molar-refractivity contribution in [2.75, 3.05) is 0 Å². The second-order valence-corrected chi connectivity index (χ2v) is 4.25. The zero-order valence-corrected chi connectivity index (χ0v) is 9.56. The smallest absolute Gasteiger partial charge is 0.319 e. The number of rotatable bonds is 5. The molecule has 0 radical (unpaired) electrons. The van der Waals surface area contributed by atoms with Crippen molar-refractivity contribution in [3.8, 4) is 0 Å². The quantitative estimate of drug-likeness (QED) is 0.542. The van der Waals surface area contributed by atoms with Gasteiger partial charge in [0.2, 0.25) is 0 Å². The summed E-state index contributed by atoms with van der Waals surface area (Å²) in [7, 11) is 0. The van der Waals surface area contributed by atoms with Crippen LogP contribution in [0.25, 0.3) is 0 Å². The van der Waals surface area contributed by atoms with Gasteiger partial charge in [-0.3, -0.25) is 4.79 Å². The van der Waals surface area contributed by atoms with E-state index in [4.69, 9.17) is 4.74 Å². The summed E-state index contributed by atoms with van der Waals surface area (Å²) in [5.74, 6) is -0.157. The molecular weight excluding hydrogens is 220 g/mol. The lowest BCUT2D eigenvalue weighted by molar-refractivity contribution is -0.148. The molecule has 0 aromatic carbocycles. The van der Waals surface area contributed by atoms with Gasteiger partial charge in [0.1, 0.15) is 10.9 Å². The molecule has 0 spiro atoms. The highest BCUT2D eigenvalue weighted by Crippen LogP contribution is 2.10. The van der Waals surface area contributed by atoms with Crippen molar-refractivity contribution >= 4 is 21.9 Å². The molecule has 3 heteroatoms. The van der Waals surface area contributed by atoms with Gasteiger partial charge in [-0.25, -0.2) is 0 Å². The lowest BCUT2D eigenvalue weighted by Gasteiger charge is -2.15. The van der Waals surface area contributed by atoms with E-state index in [0.29, 0.717) is 0 Å². The normalized spacial score (nSPS) is 15.3. The second kappa shape index (κ2) is 6.46. The predicted molar refractivity (Wildman–Crippen MR) is 53.5 cm³/mol. The number of hydrogen-bond acceptors (Lipinski definition) is 2. The van der Waals surface area contributed by atoms with E-state index in [9.17, 15) is 4.79 Å². The monoisotopic (exact) mass is 236 g/mol. The van der Waals surface area contributed by atoms with Crippen LogP contribution < -0.4 is 0 Å². The number of alkyl halides is 1. The van der Waals surface area contributed by atoms with Gasteiger partial charge in [-0.15, -0.1) is 0 Å². The summed E-state index contributed by atoms with van der Waals surface area (Å²) in [4.78, 5) is 10.9. The Balaban J connectivity index is 3.77. The van der Waals surface area contributed by atoms with E-state index in [1.807, 2.05) is 6.92 Å². The largest absolute Gasteiger partial charge is 0.462 e. The average Bonchev–Trinajstić information content (AvgIpc) is 2.03. The molecule has 0 bridgehead atoms. The molecule has 0 fully saturated rings. The first-order valence-corrected chi connectivity index (χ1v) is 5.37. The van der Waals surface area contributed by atoms with Crippen LogP contribution in [0.1, 0.15) is 40.0 Å². The number of carbonyl (C=O) groups is 1. The minimum Gasteiger partial charge on any atom is -0.462 e. The van der Waals surface area contributed by atoms with Crippen molar-refractivity contribution in [3.63, 3.8) is 0 Å². The van der Waals surface area contributed by atoms with Crippen LogP contribution in [0.15, 0.2) is 0 Å². The summed E-state index contributed by atoms with van der Waals surface area (Å²) in [6.07, 6.45) is 3.02. The van der Waals surface area contributed by atoms with Gasteiger partial charge in [-0.1, -0.05) is 36.2 Å². The molecule has 12 heavy (non-hydrogen) atoms. The van der Waals surface area contributed by atoms with E-state index in [-0.39, 0.29) is 16.9 Å². The van der Waals surface area contributed by atoms with Crippen molar-refractivity contribution in [3.05, 3.63) is 0 Å². The zero-order chi connectivity index (χ0) is 9.56. The number of esters is 1. The Morgan fingerprint density at radius 3 is 2.42 bits per heavy atom. The first-order valence-electron chi connectivity index (χ1n) is 4.46. The average molecular weight is 237 g/mol. The molecule has 0 saturated heterocycles. The molecule has 0 aromatic heterocycles.